The van der Waals surface area contributed by atoms with Crippen LogP contribution in [0.2, 0.25) is 0 Å². The molecule has 1 saturated carbocycles. The monoisotopic (exact) mass is 257 g/mol. The van der Waals surface area contributed by atoms with E-state index in [9.17, 15) is 4.39 Å². The highest BCUT2D eigenvalue weighted by atomic mass is 79.9. The number of hydrogen-bond donors (Lipinski definition) is 1. The second kappa shape index (κ2) is 3.31. The first kappa shape index (κ1) is 10.1. The molecule has 0 atom stereocenters. The lowest BCUT2D eigenvalue weighted by atomic mass is 9.72. The third kappa shape index (κ3) is 1.48. The zero-order chi connectivity index (χ0) is 10.3. The molecule has 1 nitrogen and oxygen atoms in total. The Labute approximate surface area is 91.6 Å². The van der Waals surface area contributed by atoms with Crippen molar-refractivity contribution in [3.05, 3.63) is 33.5 Å². The van der Waals surface area contributed by atoms with Gasteiger partial charge < -0.3 is 5.73 Å². The van der Waals surface area contributed by atoms with E-state index in [0.717, 1.165) is 23.7 Å². The molecule has 0 amide bonds. The molecule has 1 aliphatic carbocycles. The molecule has 2 N–H and O–H groups in total. The van der Waals surface area contributed by atoms with E-state index in [1.165, 1.54) is 0 Å². The first-order valence-corrected chi connectivity index (χ1v) is 5.57. The molecule has 0 radical (unpaired) electrons. The highest BCUT2D eigenvalue weighted by Crippen LogP contribution is 2.41. The number of rotatable bonds is 1. The molecule has 0 saturated heterocycles. The average molecular weight is 258 g/mol. The molecule has 0 unspecified atom stereocenters. The van der Waals surface area contributed by atoms with Crippen LogP contribution in [0.25, 0.3) is 0 Å². The van der Waals surface area contributed by atoms with E-state index in [2.05, 4.69) is 15.9 Å². The second-order valence-electron chi connectivity index (χ2n) is 4.09. The Balaban J connectivity index is 2.51. The average Bonchev–Trinajstić information content (AvgIpc) is 2.07. The van der Waals surface area contributed by atoms with Gasteiger partial charge in [0, 0.05) is 15.6 Å². The topological polar surface area (TPSA) is 26.0 Å². The Bertz CT molecular complexity index is 372. The van der Waals surface area contributed by atoms with Crippen LogP contribution < -0.4 is 5.73 Å². The van der Waals surface area contributed by atoms with E-state index in [-0.39, 0.29) is 5.82 Å². The molecule has 2 rings (SSSR count). The molecule has 0 bridgehead atoms. The molecule has 0 aromatic heterocycles. The zero-order valence-corrected chi connectivity index (χ0v) is 9.70. The van der Waals surface area contributed by atoms with E-state index in [1.807, 2.05) is 6.07 Å². The normalized spacial score (nSPS) is 19.1. The Kier molecular flexibility index (Phi) is 2.40. The summed E-state index contributed by atoms with van der Waals surface area (Å²) < 4.78 is 14.7. The van der Waals surface area contributed by atoms with Gasteiger partial charge in [0.2, 0.25) is 0 Å². The standard InChI is InChI=1S/C11H13BrFN/c1-7-5-8(12)6-9(10(7)13)11(14)3-2-4-11/h5-6H,2-4,14H2,1H3. The minimum atomic E-state index is -0.418. The molecular weight excluding hydrogens is 245 g/mol. The van der Waals surface area contributed by atoms with Crippen LogP contribution in [0.4, 0.5) is 4.39 Å². The number of aryl methyl sites for hydroxylation is 1. The van der Waals surface area contributed by atoms with Crippen molar-refractivity contribution in [2.75, 3.05) is 0 Å². The lowest BCUT2D eigenvalue weighted by Gasteiger charge is -2.39. The summed E-state index contributed by atoms with van der Waals surface area (Å²) in [7, 11) is 0. The second-order valence-corrected chi connectivity index (χ2v) is 5.01. The van der Waals surface area contributed by atoms with Crippen molar-refractivity contribution >= 4 is 15.9 Å². The van der Waals surface area contributed by atoms with Gasteiger partial charge in [0.05, 0.1) is 0 Å². The number of hydrogen-bond acceptors (Lipinski definition) is 1. The Morgan fingerprint density at radius 2 is 2.07 bits per heavy atom. The molecule has 0 heterocycles. The van der Waals surface area contributed by atoms with Crippen molar-refractivity contribution in [3.63, 3.8) is 0 Å². The number of nitrogens with two attached hydrogens (primary N) is 1. The van der Waals surface area contributed by atoms with Crippen LogP contribution in [0.1, 0.15) is 30.4 Å². The fourth-order valence-electron chi connectivity index (χ4n) is 1.91. The van der Waals surface area contributed by atoms with Crippen molar-refractivity contribution in [2.24, 2.45) is 5.73 Å². The Morgan fingerprint density at radius 1 is 1.43 bits per heavy atom. The summed E-state index contributed by atoms with van der Waals surface area (Å²) >= 11 is 3.37. The van der Waals surface area contributed by atoms with Crippen molar-refractivity contribution in [2.45, 2.75) is 31.7 Å². The Hall–Kier alpha value is -0.410. The minimum absolute atomic E-state index is 0.143. The van der Waals surface area contributed by atoms with Crippen molar-refractivity contribution in [1.29, 1.82) is 0 Å². The first-order chi connectivity index (χ1) is 6.53. The molecule has 0 aliphatic heterocycles. The van der Waals surface area contributed by atoms with Gasteiger partial charge in [-0.3, -0.25) is 0 Å². The molecular formula is C11H13BrFN. The van der Waals surface area contributed by atoms with Gasteiger partial charge in [-0.2, -0.15) is 0 Å². The van der Waals surface area contributed by atoms with Gasteiger partial charge in [-0.05, 0) is 43.9 Å². The zero-order valence-electron chi connectivity index (χ0n) is 8.11. The quantitative estimate of drug-likeness (QED) is 0.822. The maximum absolute atomic E-state index is 13.8. The third-order valence-electron chi connectivity index (χ3n) is 3.00. The summed E-state index contributed by atoms with van der Waals surface area (Å²) in [5.74, 6) is -0.143. The fourth-order valence-corrected chi connectivity index (χ4v) is 2.49. The molecule has 1 aromatic carbocycles. The lowest BCUT2D eigenvalue weighted by Crippen LogP contribution is -2.44. The maximum Gasteiger partial charge on any atom is 0.131 e. The molecule has 1 aromatic rings. The largest absolute Gasteiger partial charge is 0.321 e. The maximum atomic E-state index is 13.8. The summed E-state index contributed by atoms with van der Waals surface area (Å²) in [4.78, 5) is 0. The molecule has 3 heteroatoms. The smallest absolute Gasteiger partial charge is 0.131 e. The van der Waals surface area contributed by atoms with Crippen LogP contribution in [0, 0.1) is 12.7 Å². The van der Waals surface area contributed by atoms with E-state index >= 15 is 0 Å². The van der Waals surface area contributed by atoms with Gasteiger partial charge >= 0.3 is 0 Å². The summed E-state index contributed by atoms with van der Waals surface area (Å²) in [6, 6.07) is 3.59. The Morgan fingerprint density at radius 3 is 2.57 bits per heavy atom. The molecule has 14 heavy (non-hydrogen) atoms. The van der Waals surface area contributed by atoms with Crippen LogP contribution in [0.5, 0.6) is 0 Å². The molecule has 0 spiro atoms. The van der Waals surface area contributed by atoms with Gasteiger partial charge in [-0.25, -0.2) is 4.39 Å². The fraction of sp³-hybridized carbons (Fsp3) is 0.455. The van der Waals surface area contributed by atoms with Crippen molar-refractivity contribution < 1.29 is 4.39 Å². The van der Waals surface area contributed by atoms with Crippen LogP contribution in [0.15, 0.2) is 16.6 Å². The highest BCUT2D eigenvalue weighted by molar-refractivity contribution is 9.10. The summed E-state index contributed by atoms with van der Waals surface area (Å²) in [6.45, 7) is 1.77. The van der Waals surface area contributed by atoms with Crippen LogP contribution in [0.3, 0.4) is 0 Å². The van der Waals surface area contributed by atoms with Gasteiger partial charge in [0.1, 0.15) is 5.82 Å². The third-order valence-corrected chi connectivity index (χ3v) is 3.46. The molecule has 76 valence electrons. The van der Waals surface area contributed by atoms with Crippen LogP contribution in [-0.4, -0.2) is 0 Å². The van der Waals surface area contributed by atoms with E-state index in [1.54, 1.807) is 13.0 Å². The van der Waals surface area contributed by atoms with Crippen LogP contribution in [-0.2, 0) is 5.54 Å². The van der Waals surface area contributed by atoms with E-state index in [4.69, 9.17) is 5.73 Å². The lowest BCUT2D eigenvalue weighted by molar-refractivity contribution is 0.244. The summed E-state index contributed by atoms with van der Waals surface area (Å²) in [5, 5.41) is 0. The predicted octanol–water partition coefficient (Wildman–Crippen LogP) is 3.23. The van der Waals surface area contributed by atoms with Gasteiger partial charge in [-0.15, -0.1) is 0 Å². The minimum Gasteiger partial charge on any atom is -0.321 e. The number of benzene rings is 1. The molecule has 1 aliphatic rings. The predicted molar refractivity (Wildman–Crippen MR) is 58.6 cm³/mol. The van der Waals surface area contributed by atoms with Gasteiger partial charge in [0.25, 0.3) is 0 Å². The van der Waals surface area contributed by atoms with Crippen molar-refractivity contribution in [3.8, 4) is 0 Å². The number of halogens is 2. The van der Waals surface area contributed by atoms with E-state index < -0.39 is 5.54 Å². The summed E-state index contributed by atoms with van der Waals surface area (Å²) in [6.07, 6.45) is 2.88. The van der Waals surface area contributed by atoms with Crippen molar-refractivity contribution in [1.82, 2.24) is 0 Å². The van der Waals surface area contributed by atoms with Gasteiger partial charge in [-0.1, -0.05) is 15.9 Å². The van der Waals surface area contributed by atoms with Gasteiger partial charge in [0.15, 0.2) is 0 Å². The highest BCUT2D eigenvalue weighted by Gasteiger charge is 2.37. The van der Waals surface area contributed by atoms with E-state index in [0.29, 0.717) is 11.1 Å². The first-order valence-electron chi connectivity index (χ1n) is 4.78. The van der Waals surface area contributed by atoms with Crippen LogP contribution >= 0.6 is 15.9 Å². The summed E-state index contributed by atoms with van der Waals surface area (Å²) in [5.41, 5.74) is 7.00. The molecule has 1 fully saturated rings. The SMILES string of the molecule is Cc1cc(Br)cc(C2(N)CCC2)c1F.